The maximum Gasteiger partial charge on any atom is 0.356 e. The summed E-state index contributed by atoms with van der Waals surface area (Å²) in [5.41, 5.74) is 0.804. The number of methoxy groups -OCH3 is 1. The first-order valence-electron chi connectivity index (χ1n) is 11.1. The van der Waals surface area contributed by atoms with Crippen molar-refractivity contribution in [2.24, 2.45) is 11.1 Å². The number of amidine groups is 1. The summed E-state index contributed by atoms with van der Waals surface area (Å²) >= 11 is 0. The standard InChI is InChI=1S/C24H27N3O6/c1-13-10-24(13,22-25-17(12-28)33-26-22)27-16-7-5-6-15(14-8-9-32-23(2,3)11-14)18(16)20(31-4)19(27)21(29)30/h5-7,13-14H,8-11H2,1-4H3,(H,25,26)(H,29,30)/t13-,14-,24-/m0/s1. The fraction of sp³-hybridized carbons (Fsp3) is 0.500. The third-order valence-electron chi connectivity index (χ3n) is 7.16. The number of oxime groups is 1. The number of carboxylic acid groups (broad SMARTS) is 1. The van der Waals surface area contributed by atoms with Gasteiger partial charge in [0.1, 0.15) is 5.54 Å². The lowest BCUT2D eigenvalue weighted by molar-refractivity contribution is -0.0591. The topological polar surface area (TPSA) is 111 Å². The average Bonchev–Trinajstić information content (AvgIpc) is 3.15. The molecule has 1 aromatic carbocycles. The maximum absolute atomic E-state index is 12.6. The van der Waals surface area contributed by atoms with E-state index in [1.165, 1.54) is 7.11 Å². The molecule has 2 aliphatic heterocycles. The van der Waals surface area contributed by atoms with E-state index < -0.39 is 11.5 Å². The van der Waals surface area contributed by atoms with Gasteiger partial charge in [0.25, 0.3) is 0 Å². The number of carboxylic acids is 1. The van der Waals surface area contributed by atoms with Crippen LogP contribution in [-0.4, -0.2) is 46.7 Å². The van der Waals surface area contributed by atoms with E-state index in [0.29, 0.717) is 24.6 Å². The number of ether oxygens (including phenoxy) is 2. The zero-order valence-corrected chi connectivity index (χ0v) is 19.1. The van der Waals surface area contributed by atoms with E-state index in [0.717, 1.165) is 29.3 Å². The summed E-state index contributed by atoms with van der Waals surface area (Å²) in [6.45, 7) is 6.81. The molecule has 1 saturated carbocycles. The van der Waals surface area contributed by atoms with Crippen molar-refractivity contribution in [3.05, 3.63) is 35.3 Å². The molecule has 9 nitrogen and oxygen atoms in total. The van der Waals surface area contributed by atoms with Gasteiger partial charge in [-0.3, -0.25) is 5.32 Å². The fourth-order valence-corrected chi connectivity index (χ4v) is 5.61. The summed E-state index contributed by atoms with van der Waals surface area (Å²) in [6.07, 6.45) is 2.30. The van der Waals surface area contributed by atoms with Crippen molar-refractivity contribution in [2.45, 2.75) is 57.1 Å². The van der Waals surface area contributed by atoms with Gasteiger partial charge >= 0.3 is 11.9 Å². The highest BCUT2D eigenvalue weighted by Crippen LogP contribution is 2.56. The monoisotopic (exact) mass is 453 g/mol. The Morgan fingerprint density at radius 2 is 2.12 bits per heavy atom. The molecule has 33 heavy (non-hydrogen) atoms. The van der Waals surface area contributed by atoms with Gasteiger partial charge in [-0.1, -0.05) is 24.2 Å². The zero-order chi connectivity index (χ0) is 23.5. The molecule has 1 saturated heterocycles. The quantitative estimate of drug-likeness (QED) is 0.668. The number of benzene rings is 1. The van der Waals surface area contributed by atoms with Gasteiger partial charge in [-0.05, 0) is 56.6 Å². The van der Waals surface area contributed by atoms with Crippen LogP contribution in [0.4, 0.5) is 0 Å². The number of nitrogens with one attached hydrogen (secondary N) is 1. The van der Waals surface area contributed by atoms with Crippen LogP contribution in [0.3, 0.4) is 0 Å². The molecule has 0 radical (unpaired) electrons. The number of carbonyl (C=O) groups is 1. The molecule has 5 rings (SSSR count). The number of rotatable bonds is 5. The number of carbonyl (C=O) groups excluding carboxylic acids is 1. The number of fused-ring (bicyclic) bond motifs is 1. The minimum Gasteiger partial charge on any atom is -0.494 e. The second-order valence-electron chi connectivity index (χ2n) is 9.68. The van der Waals surface area contributed by atoms with Crippen molar-refractivity contribution >= 4 is 28.6 Å². The number of hydrogen-bond acceptors (Lipinski definition) is 7. The number of hydrogen-bond donors (Lipinski definition) is 2. The van der Waals surface area contributed by atoms with Crippen molar-refractivity contribution in [3.63, 3.8) is 0 Å². The van der Waals surface area contributed by atoms with Gasteiger partial charge in [-0.25, -0.2) is 9.59 Å². The largest absolute Gasteiger partial charge is 0.494 e. The lowest BCUT2D eigenvalue weighted by Crippen LogP contribution is -2.38. The van der Waals surface area contributed by atoms with E-state index >= 15 is 0 Å². The van der Waals surface area contributed by atoms with Crippen LogP contribution >= 0.6 is 0 Å². The first-order chi connectivity index (χ1) is 15.7. The Kier molecular flexibility index (Phi) is 4.81. The second kappa shape index (κ2) is 7.37. The van der Waals surface area contributed by atoms with Gasteiger partial charge in [0.05, 0.1) is 18.2 Å². The summed E-state index contributed by atoms with van der Waals surface area (Å²) in [7, 11) is 1.50. The van der Waals surface area contributed by atoms with Crippen LogP contribution in [0, 0.1) is 5.92 Å². The van der Waals surface area contributed by atoms with Gasteiger partial charge < -0.3 is 24.0 Å². The molecular weight excluding hydrogens is 426 g/mol. The van der Waals surface area contributed by atoms with E-state index in [9.17, 15) is 14.7 Å². The van der Waals surface area contributed by atoms with Crippen molar-refractivity contribution in [3.8, 4) is 5.75 Å². The Morgan fingerprint density at radius 3 is 2.70 bits per heavy atom. The molecule has 0 amide bonds. The molecule has 0 bridgehead atoms. The highest BCUT2D eigenvalue weighted by atomic mass is 16.7. The van der Waals surface area contributed by atoms with E-state index in [2.05, 4.69) is 30.4 Å². The molecule has 2 fully saturated rings. The van der Waals surface area contributed by atoms with Gasteiger partial charge in [-0.15, -0.1) is 0 Å². The van der Waals surface area contributed by atoms with Gasteiger partial charge in [0.2, 0.25) is 0 Å². The molecule has 1 aliphatic carbocycles. The first-order valence-corrected chi connectivity index (χ1v) is 11.1. The molecular formula is C24H27N3O6. The Hall–Kier alpha value is -3.29. The van der Waals surface area contributed by atoms with Crippen LogP contribution in [-0.2, 0) is 19.9 Å². The Morgan fingerprint density at radius 1 is 1.36 bits per heavy atom. The molecule has 0 spiro atoms. The fourth-order valence-electron chi connectivity index (χ4n) is 5.61. The lowest BCUT2D eigenvalue weighted by Gasteiger charge is -2.36. The van der Waals surface area contributed by atoms with Crippen LogP contribution in [0.15, 0.2) is 29.2 Å². The minimum absolute atomic E-state index is 0.0578. The van der Waals surface area contributed by atoms with Gasteiger partial charge in [0.15, 0.2) is 23.2 Å². The van der Waals surface area contributed by atoms with Crippen LogP contribution in [0.2, 0.25) is 0 Å². The molecule has 1 aromatic heterocycles. The van der Waals surface area contributed by atoms with Crippen molar-refractivity contribution in [1.29, 1.82) is 0 Å². The number of aromatic carboxylic acids is 1. The first kappa shape index (κ1) is 21.6. The SMILES string of the molecule is COc1c(C(=O)O)n([C@@]2(C3=NOC(=C=O)N3)C[C@@H]2C)c2cccc([C@H]3CCOC(C)(C)C3)c12. The van der Waals surface area contributed by atoms with E-state index in [1.807, 2.05) is 19.1 Å². The molecule has 2 N–H and O–H groups in total. The molecule has 3 heterocycles. The van der Waals surface area contributed by atoms with Crippen molar-refractivity contribution < 1.29 is 29.0 Å². The third kappa shape index (κ3) is 3.14. The predicted octanol–water partition coefficient (Wildman–Crippen LogP) is 3.36. The van der Waals surface area contributed by atoms with Crippen LogP contribution < -0.4 is 10.1 Å². The normalized spacial score (nSPS) is 28.0. The summed E-state index contributed by atoms with van der Waals surface area (Å²) in [5, 5.41) is 18.0. The van der Waals surface area contributed by atoms with Gasteiger partial charge in [0, 0.05) is 12.0 Å². The molecule has 2 aromatic rings. The van der Waals surface area contributed by atoms with E-state index in [4.69, 9.17) is 14.3 Å². The third-order valence-corrected chi connectivity index (χ3v) is 7.16. The molecule has 3 aliphatic rings. The summed E-state index contributed by atoms with van der Waals surface area (Å²) in [4.78, 5) is 28.7. The van der Waals surface area contributed by atoms with Crippen LogP contribution in [0.5, 0.6) is 5.75 Å². The van der Waals surface area contributed by atoms with Gasteiger partial charge in [-0.2, -0.15) is 0 Å². The molecule has 9 heteroatoms. The highest BCUT2D eigenvalue weighted by Gasteiger charge is 2.61. The Balaban J connectivity index is 1.76. The predicted molar refractivity (Wildman–Crippen MR) is 120 cm³/mol. The van der Waals surface area contributed by atoms with Crippen molar-refractivity contribution in [1.82, 2.24) is 9.88 Å². The minimum atomic E-state index is -1.09. The maximum atomic E-state index is 12.6. The van der Waals surface area contributed by atoms with E-state index in [-0.39, 0.29) is 29.0 Å². The van der Waals surface area contributed by atoms with Crippen LogP contribution in [0.1, 0.15) is 62.0 Å². The van der Waals surface area contributed by atoms with Crippen LogP contribution in [0.25, 0.3) is 10.9 Å². The Bertz CT molecular complexity index is 1240. The Labute approximate surface area is 191 Å². The average molecular weight is 453 g/mol. The lowest BCUT2D eigenvalue weighted by atomic mass is 9.82. The molecule has 174 valence electrons. The summed E-state index contributed by atoms with van der Waals surface area (Å²) < 4.78 is 13.5. The van der Waals surface area contributed by atoms with E-state index in [1.54, 1.807) is 10.5 Å². The second-order valence-corrected chi connectivity index (χ2v) is 9.68. The summed E-state index contributed by atoms with van der Waals surface area (Å²) in [6, 6.07) is 5.93. The molecule has 3 atom stereocenters. The molecule has 0 unspecified atom stereocenters. The number of nitrogens with zero attached hydrogens (tertiary/aromatic N) is 2. The van der Waals surface area contributed by atoms with Crippen molar-refractivity contribution in [2.75, 3.05) is 13.7 Å². The highest BCUT2D eigenvalue weighted by molar-refractivity contribution is 6.06. The smallest absolute Gasteiger partial charge is 0.356 e. The zero-order valence-electron chi connectivity index (χ0n) is 19.1. The number of aromatic nitrogens is 1. The summed E-state index contributed by atoms with van der Waals surface area (Å²) in [5.74, 6) is 1.43.